The molecule has 1 aliphatic heterocycles. The van der Waals surface area contributed by atoms with E-state index >= 15 is 0 Å². The van der Waals surface area contributed by atoms with Crippen molar-refractivity contribution in [2.24, 2.45) is 0 Å². The highest BCUT2D eigenvalue weighted by Crippen LogP contribution is 1.95. The van der Waals surface area contributed by atoms with Crippen molar-refractivity contribution < 1.29 is 9.59 Å². The Hall–Kier alpha value is 0.0969. The molecule has 6 heavy (non-hydrogen) atoms. The first-order valence-corrected chi connectivity index (χ1v) is 4.17. The summed E-state index contributed by atoms with van der Waals surface area (Å²) in [6.07, 6.45) is 0.903. The fourth-order valence-corrected chi connectivity index (χ4v) is 1.05. The summed E-state index contributed by atoms with van der Waals surface area (Å²) < 4.78 is 0. The molecule has 0 radical (unpaired) electrons. The predicted molar refractivity (Wildman–Crippen MR) is 23.1 cm³/mol. The Morgan fingerprint density at radius 2 is 1.67 bits per heavy atom. The first-order valence-electron chi connectivity index (χ1n) is 1.86. The maximum absolute atomic E-state index is 8.55. The predicted octanol–water partition coefficient (Wildman–Crippen LogP) is -1.91. The van der Waals surface area contributed by atoms with Gasteiger partial charge < -0.3 is 14.9 Å². The minimum Gasteiger partial charge on any atom is -0.409 e. The highest BCUT2D eigenvalue weighted by Gasteiger charge is 2.36. The molecule has 1 aliphatic rings. The van der Waals surface area contributed by atoms with E-state index in [9.17, 15) is 0 Å². The molecule has 3 nitrogen and oxygen atoms in total. The number of hydrogen-bond donors (Lipinski definition) is 3. The molecule has 0 aromatic heterocycles. The highest BCUT2D eigenvalue weighted by molar-refractivity contribution is 6.67. The summed E-state index contributed by atoms with van der Waals surface area (Å²) in [4.78, 5) is 17.1. The molecule has 1 saturated heterocycles. The normalized spacial score (nSPS) is 29.0. The fraction of sp³-hybridized carbons (Fsp3) is 1.00. The van der Waals surface area contributed by atoms with E-state index in [0.717, 1.165) is 0 Å². The third kappa shape index (κ3) is 0.599. The van der Waals surface area contributed by atoms with Crippen LogP contribution in [0.2, 0.25) is 0 Å². The van der Waals surface area contributed by atoms with E-state index in [-0.39, 0.29) is 0 Å². The van der Waals surface area contributed by atoms with Crippen molar-refractivity contribution in [3.05, 3.63) is 0 Å². The van der Waals surface area contributed by atoms with Gasteiger partial charge in [0.05, 0.1) is 0 Å². The molecular weight excluding hydrogens is 98.1 g/mol. The molecule has 0 amide bonds. The second kappa shape index (κ2) is 1.03. The van der Waals surface area contributed by atoms with Crippen LogP contribution in [0.25, 0.3) is 0 Å². The molecular formula is C2H7NO2Si. The lowest BCUT2D eigenvalue weighted by atomic mass is 11.2. The molecule has 1 rings (SSSR count). The van der Waals surface area contributed by atoms with Crippen molar-refractivity contribution in [1.82, 2.24) is 5.32 Å². The van der Waals surface area contributed by atoms with E-state index in [2.05, 4.69) is 5.32 Å². The van der Waals surface area contributed by atoms with Gasteiger partial charge >= 0.3 is 8.56 Å². The highest BCUT2D eigenvalue weighted by atomic mass is 28.4. The van der Waals surface area contributed by atoms with Crippen LogP contribution in [0.15, 0.2) is 0 Å². The van der Waals surface area contributed by atoms with Gasteiger partial charge in [0, 0.05) is 12.3 Å². The largest absolute Gasteiger partial charge is 0.409 e. The van der Waals surface area contributed by atoms with E-state index in [1.54, 1.807) is 0 Å². The van der Waals surface area contributed by atoms with Gasteiger partial charge in [0.15, 0.2) is 0 Å². The molecule has 0 aromatic rings. The zero-order valence-corrected chi connectivity index (χ0v) is 4.31. The van der Waals surface area contributed by atoms with Gasteiger partial charge in [-0.05, 0) is 0 Å². The molecule has 3 N–H and O–H groups in total. The average Bonchev–Trinajstić information content (AvgIpc) is 1.32. The van der Waals surface area contributed by atoms with Gasteiger partial charge in [-0.3, -0.25) is 0 Å². The van der Waals surface area contributed by atoms with E-state index < -0.39 is 8.56 Å². The first-order chi connectivity index (χ1) is 2.71. The van der Waals surface area contributed by atoms with E-state index in [1.807, 2.05) is 0 Å². The topological polar surface area (TPSA) is 52.5 Å². The van der Waals surface area contributed by atoms with Crippen LogP contribution in [0, 0.1) is 0 Å². The number of rotatable bonds is 0. The van der Waals surface area contributed by atoms with E-state index in [4.69, 9.17) is 9.59 Å². The zero-order valence-electron chi connectivity index (χ0n) is 3.31. The van der Waals surface area contributed by atoms with Crippen LogP contribution in [-0.4, -0.2) is 30.5 Å². The summed E-state index contributed by atoms with van der Waals surface area (Å²) in [6.45, 7) is 0. The standard InChI is InChI=1S/C2H7NO2Si/c4-6(5)1-3-2-6/h3-5H,1-2H2. The molecule has 1 fully saturated rings. The van der Waals surface area contributed by atoms with Gasteiger partial charge in [-0.1, -0.05) is 0 Å². The lowest BCUT2D eigenvalue weighted by Crippen LogP contribution is -2.65. The van der Waals surface area contributed by atoms with Crippen LogP contribution in [0.1, 0.15) is 0 Å². The summed E-state index contributed by atoms with van der Waals surface area (Å²) in [5, 5.41) is 2.76. The fourth-order valence-electron chi connectivity index (χ4n) is 0.349. The molecule has 0 aromatic carbocycles. The Morgan fingerprint density at radius 3 is 1.67 bits per heavy atom. The van der Waals surface area contributed by atoms with Crippen molar-refractivity contribution in [2.75, 3.05) is 12.3 Å². The van der Waals surface area contributed by atoms with Crippen molar-refractivity contribution in [2.45, 2.75) is 0 Å². The van der Waals surface area contributed by atoms with Crippen molar-refractivity contribution in [1.29, 1.82) is 0 Å². The molecule has 36 valence electrons. The Labute approximate surface area is 36.9 Å². The van der Waals surface area contributed by atoms with Gasteiger partial charge in [-0.2, -0.15) is 0 Å². The third-order valence-corrected chi connectivity index (χ3v) is 2.45. The molecule has 0 spiro atoms. The molecule has 0 aliphatic carbocycles. The molecule has 0 saturated carbocycles. The summed E-state index contributed by atoms with van der Waals surface area (Å²) in [5.74, 6) is 0. The molecule has 1 heterocycles. The molecule has 4 heteroatoms. The average molecular weight is 105 g/mol. The monoisotopic (exact) mass is 105 g/mol. The van der Waals surface area contributed by atoms with Crippen molar-refractivity contribution in [3.63, 3.8) is 0 Å². The Morgan fingerprint density at radius 1 is 1.33 bits per heavy atom. The Balaban J connectivity index is 2.31. The van der Waals surface area contributed by atoms with E-state index in [0.29, 0.717) is 12.3 Å². The van der Waals surface area contributed by atoms with Crippen molar-refractivity contribution in [3.8, 4) is 0 Å². The van der Waals surface area contributed by atoms with Crippen LogP contribution >= 0.6 is 0 Å². The Kier molecular flexibility index (Phi) is 0.734. The first kappa shape index (κ1) is 4.26. The Bertz CT molecular complexity index is 58.6. The van der Waals surface area contributed by atoms with Crippen molar-refractivity contribution >= 4 is 8.56 Å². The lowest BCUT2D eigenvalue weighted by molar-refractivity contribution is 0.320. The van der Waals surface area contributed by atoms with Gasteiger partial charge in [-0.25, -0.2) is 0 Å². The van der Waals surface area contributed by atoms with Gasteiger partial charge in [0.1, 0.15) is 0 Å². The van der Waals surface area contributed by atoms with Crippen LogP contribution in [0.4, 0.5) is 0 Å². The molecule has 0 unspecified atom stereocenters. The lowest BCUT2D eigenvalue weighted by Gasteiger charge is -2.27. The number of hydrogen-bond acceptors (Lipinski definition) is 3. The zero-order chi connectivity index (χ0) is 4.62. The number of nitrogens with one attached hydrogen (secondary N) is 1. The summed E-state index contributed by atoms with van der Waals surface area (Å²) >= 11 is 0. The summed E-state index contributed by atoms with van der Waals surface area (Å²) in [6, 6.07) is 0. The minimum atomic E-state index is -2.56. The SMILES string of the molecule is O[Si]1(O)CNC1. The van der Waals surface area contributed by atoms with Gasteiger partial charge in [-0.15, -0.1) is 0 Å². The summed E-state index contributed by atoms with van der Waals surface area (Å²) in [5.41, 5.74) is 0. The van der Waals surface area contributed by atoms with Gasteiger partial charge in [0.25, 0.3) is 0 Å². The third-order valence-electron chi connectivity index (χ3n) is 0.816. The van der Waals surface area contributed by atoms with E-state index in [1.165, 1.54) is 0 Å². The van der Waals surface area contributed by atoms with Gasteiger partial charge in [0.2, 0.25) is 0 Å². The second-order valence-corrected chi connectivity index (χ2v) is 4.26. The smallest absolute Gasteiger partial charge is 0.361 e. The van der Waals surface area contributed by atoms with Crippen LogP contribution in [0.3, 0.4) is 0 Å². The maximum atomic E-state index is 8.55. The molecule has 0 atom stereocenters. The quantitative estimate of drug-likeness (QED) is 0.315. The second-order valence-electron chi connectivity index (χ2n) is 1.59. The summed E-state index contributed by atoms with van der Waals surface area (Å²) in [7, 11) is -2.56. The van der Waals surface area contributed by atoms with Crippen LogP contribution < -0.4 is 5.32 Å². The minimum absolute atomic E-state index is 0.451. The maximum Gasteiger partial charge on any atom is 0.361 e. The van der Waals surface area contributed by atoms with Crippen LogP contribution in [0.5, 0.6) is 0 Å². The van der Waals surface area contributed by atoms with Crippen LogP contribution in [-0.2, 0) is 0 Å². The molecule has 0 bridgehead atoms.